The summed E-state index contributed by atoms with van der Waals surface area (Å²) >= 11 is 0. The molecule has 0 spiro atoms. The standard InChI is InChI=1S/C18H14N4O2/c19-10-16-18(14-6-5-12-3-1-2-4-13(12)9-14)20-17-8-7-15(22(23)24)11-21(16)17/h5-9,11H,1-4H2. The van der Waals surface area contributed by atoms with Crippen molar-refractivity contribution in [1.82, 2.24) is 9.38 Å². The summed E-state index contributed by atoms with van der Waals surface area (Å²) in [5.74, 6) is 0. The Hall–Kier alpha value is -3.20. The molecular formula is C18H14N4O2. The highest BCUT2D eigenvalue weighted by atomic mass is 16.6. The predicted octanol–water partition coefficient (Wildman–Crippen LogP) is 3.66. The normalized spacial score (nSPS) is 13.5. The first kappa shape index (κ1) is 14.4. The largest absolute Gasteiger partial charge is 0.286 e. The van der Waals surface area contributed by atoms with E-state index in [4.69, 9.17) is 0 Å². The van der Waals surface area contributed by atoms with Gasteiger partial charge in [0.2, 0.25) is 0 Å². The van der Waals surface area contributed by atoms with Crippen LogP contribution in [-0.4, -0.2) is 14.3 Å². The number of aryl methyl sites for hydroxylation is 2. The number of imidazole rings is 1. The van der Waals surface area contributed by atoms with E-state index in [1.165, 1.54) is 40.6 Å². The van der Waals surface area contributed by atoms with Crippen molar-refractivity contribution in [3.8, 4) is 17.3 Å². The SMILES string of the molecule is N#Cc1c(-c2ccc3c(c2)CCCC3)nc2ccc([N+](=O)[O-])cn12. The van der Waals surface area contributed by atoms with E-state index in [-0.39, 0.29) is 5.69 Å². The Morgan fingerprint density at radius 3 is 2.71 bits per heavy atom. The third kappa shape index (κ3) is 2.22. The number of hydrogen-bond donors (Lipinski definition) is 0. The molecule has 24 heavy (non-hydrogen) atoms. The van der Waals surface area contributed by atoms with Gasteiger partial charge < -0.3 is 0 Å². The quantitative estimate of drug-likeness (QED) is 0.533. The van der Waals surface area contributed by atoms with Crippen LogP contribution in [-0.2, 0) is 12.8 Å². The second kappa shape index (κ2) is 5.46. The monoisotopic (exact) mass is 318 g/mol. The molecule has 0 amide bonds. The van der Waals surface area contributed by atoms with Crippen LogP contribution in [0.15, 0.2) is 36.5 Å². The molecule has 2 heterocycles. The maximum absolute atomic E-state index is 11.0. The van der Waals surface area contributed by atoms with Gasteiger partial charge in [0, 0.05) is 11.6 Å². The van der Waals surface area contributed by atoms with E-state index in [9.17, 15) is 15.4 Å². The summed E-state index contributed by atoms with van der Waals surface area (Å²) in [5.41, 5.74) is 4.93. The lowest BCUT2D eigenvalue weighted by molar-refractivity contribution is -0.385. The number of rotatable bonds is 2. The van der Waals surface area contributed by atoms with Gasteiger partial charge in [-0.25, -0.2) is 4.98 Å². The van der Waals surface area contributed by atoms with Gasteiger partial charge in [-0.1, -0.05) is 12.1 Å². The Kier molecular flexibility index (Phi) is 3.28. The Morgan fingerprint density at radius 2 is 1.96 bits per heavy atom. The third-order valence-corrected chi connectivity index (χ3v) is 4.54. The van der Waals surface area contributed by atoms with E-state index in [1.807, 2.05) is 6.07 Å². The Labute approximate surface area is 138 Å². The van der Waals surface area contributed by atoms with E-state index in [2.05, 4.69) is 23.2 Å². The number of fused-ring (bicyclic) bond motifs is 2. The molecule has 6 heteroatoms. The molecule has 2 aromatic heterocycles. The highest BCUT2D eigenvalue weighted by molar-refractivity contribution is 5.71. The van der Waals surface area contributed by atoms with E-state index in [1.54, 1.807) is 6.07 Å². The summed E-state index contributed by atoms with van der Waals surface area (Å²) in [7, 11) is 0. The molecule has 0 radical (unpaired) electrons. The summed E-state index contributed by atoms with van der Waals surface area (Å²) < 4.78 is 1.49. The van der Waals surface area contributed by atoms with Gasteiger partial charge in [-0.05, 0) is 48.9 Å². The maximum Gasteiger partial charge on any atom is 0.286 e. The van der Waals surface area contributed by atoms with Gasteiger partial charge in [-0.15, -0.1) is 0 Å². The Balaban J connectivity index is 1.90. The van der Waals surface area contributed by atoms with E-state index >= 15 is 0 Å². The van der Waals surface area contributed by atoms with Crippen LogP contribution in [0.4, 0.5) is 5.69 Å². The molecule has 6 nitrogen and oxygen atoms in total. The van der Waals surface area contributed by atoms with Gasteiger partial charge in [-0.3, -0.25) is 14.5 Å². The minimum Gasteiger partial charge on any atom is -0.284 e. The van der Waals surface area contributed by atoms with Crippen LogP contribution in [0.2, 0.25) is 0 Å². The number of hydrogen-bond acceptors (Lipinski definition) is 4. The highest BCUT2D eigenvalue weighted by Gasteiger charge is 2.18. The van der Waals surface area contributed by atoms with E-state index in [0.29, 0.717) is 17.0 Å². The van der Waals surface area contributed by atoms with Crippen LogP contribution in [0.5, 0.6) is 0 Å². The third-order valence-electron chi connectivity index (χ3n) is 4.54. The fourth-order valence-electron chi connectivity index (χ4n) is 3.33. The second-order valence-electron chi connectivity index (χ2n) is 5.98. The van der Waals surface area contributed by atoms with Crippen molar-refractivity contribution in [2.75, 3.05) is 0 Å². The first-order valence-corrected chi connectivity index (χ1v) is 7.86. The minimum absolute atomic E-state index is 0.0617. The van der Waals surface area contributed by atoms with Crippen molar-refractivity contribution in [1.29, 1.82) is 5.26 Å². The molecule has 4 rings (SSSR count). The zero-order valence-corrected chi connectivity index (χ0v) is 12.9. The van der Waals surface area contributed by atoms with Crippen LogP contribution >= 0.6 is 0 Å². The molecule has 0 unspecified atom stereocenters. The lowest BCUT2D eigenvalue weighted by atomic mass is 9.90. The first-order valence-electron chi connectivity index (χ1n) is 7.86. The number of nitriles is 1. The molecule has 118 valence electrons. The summed E-state index contributed by atoms with van der Waals surface area (Å²) in [5, 5.41) is 20.5. The van der Waals surface area contributed by atoms with Crippen molar-refractivity contribution in [2.24, 2.45) is 0 Å². The number of nitrogens with zero attached hydrogens (tertiary/aromatic N) is 4. The van der Waals surface area contributed by atoms with E-state index in [0.717, 1.165) is 18.4 Å². The lowest BCUT2D eigenvalue weighted by Gasteiger charge is -2.16. The molecule has 3 aromatic rings. The van der Waals surface area contributed by atoms with Crippen LogP contribution < -0.4 is 0 Å². The van der Waals surface area contributed by atoms with Gasteiger partial charge >= 0.3 is 0 Å². The summed E-state index contributed by atoms with van der Waals surface area (Å²) in [6.45, 7) is 0. The predicted molar refractivity (Wildman–Crippen MR) is 88.6 cm³/mol. The summed E-state index contributed by atoms with van der Waals surface area (Å²) in [4.78, 5) is 15.0. The van der Waals surface area contributed by atoms with Gasteiger partial charge in [0.1, 0.15) is 17.4 Å². The van der Waals surface area contributed by atoms with E-state index < -0.39 is 4.92 Å². The zero-order valence-electron chi connectivity index (χ0n) is 12.9. The van der Waals surface area contributed by atoms with Crippen LogP contribution in [0.25, 0.3) is 16.9 Å². The molecule has 0 bridgehead atoms. The van der Waals surface area contributed by atoms with Gasteiger partial charge in [0.05, 0.1) is 11.1 Å². The van der Waals surface area contributed by atoms with Gasteiger partial charge in [0.25, 0.3) is 5.69 Å². The Bertz CT molecular complexity index is 1010. The zero-order chi connectivity index (χ0) is 16.7. The number of aromatic nitrogens is 2. The first-order chi connectivity index (χ1) is 11.7. The molecule has 0 N–H and O–H groups in total. The molecule has 0 fully saturated rings. The molecule has 0 saturated carbocycles. The summed E-state index contributed by atoms with van der Waals surface area (Å²) in [6.07, 6.45) is 5.89. The number of pyridine rings is 1. The molecule has 1 aromatic carbocycles. The summed E-state index contributed by atoms with van der Waals surface area (Å²) in [6, 6.07) is 11.3. The van der Waals surface area contributed by atoms with Crippen LogP contribution in [0.1, 0.15) is 29.7 Å². The topological polar surface area (TPSA) is 84.2 Å². The molecular weight excluding hydrogens is 304 g/mol. The van der Waals surface area contributed by atoms with Crippen molar-refractivity contribution in [2.45, 2.75) is 25.7 Å². The minimum atomic E-state index is -0.473. The average Bonchev–Trinajstić information content (AvgIpc) is 2.98. The highest BCUT2D eigenvalue weighted by Crippen LogP contribution is 2.30. The lowest BCUT2D eigenvalue weighted by Crippen LogP contribution is -2.02. The molecule has 1 aliphatic rings. The molecule has 0 atom stereocenters. The Morgan fingerprint density at radius 1 is 1.17 bits per heavy atom. The average molecular weight is 318 g/mol. The smallest absolute Gasteiger partial charge is 0.284 e. The fourth-order valence-corrected chi connectivity index (χ4v) is 3.33. The number of benzene rings is 1. The molecule has 0 aliphatic heterocycles. The van der Waals surface area contributed by atoms with Gasteiger partial charge in [0.15, 0.2) is 5.69 Å². The second-order valence-corrected chi connectivity index (χ2v) is 5.98. The molecule has 1 aliphatic carbocycles. The van der Waals surface area contributed by atoms with Crippen LogP contribution in [0, 0.1) is 21.4 Å². The maximum atomic E-state index is 11.0. The van der Waals surface area contributed by atoms with Crippen molar-refractivity contribution < 1.29 is 4.92 Å². The van der Waals surface area contributed by atoms with Gasteiger partial charge in [-0.2, -0.15) is 5.26 Å². The van der Waals surface area contributed by atoms with Crippen molar-refractivity contribution in [3.63, 3.8) is 0 Å². The van der Waals surface area contributed by atoms with Crippen molar-refractivity contribution in [3.05, 3.63) is 63.5 Å². The van der Waals surface area contributed by atoms with Crippen molar-refractivity contribution >= 4 is 11.3 Å². The fraction of sp³-hybridized carbons (Fsp3) is 0.222. The molecule has 0 saturated heterocycles. The number of nitro groups is 1. The van der Waals surface area contributed by atoms with Crippen LogP contribution in [0.3, 0.4) is 0 Å².